The van der Waals surface area contributed by atoms with Gasteiger partial charge >= 0.3 is 6.03 Å². The second-order valence-corrected chi connectivity index (χ2v) is 9.01. The predicted octanol–water partition coefficient (Wildman–Crippen LogP) is 3.92. The Morgan fingerprint density at radius 1 is 0.903 bits per heavy atom. The van der Waals surface area contributed by atoms with Gasteiger partial charge in [-0.05, 0) is 61.4 Å². The van der Waals surface area contributed by atoms with Crippen LogP contribution < -0.4 is 14.8 Å². The van der Waals surface area contributed by atoms with Crippen LogP contribution in [0.25, 0.3) is 0 Å². The molecule has 2 amide bonds. The van der Waals surface area contributed by atoms with Crippen molar-refractivity contribution in [3.8, 4) is 5.75 Å². The lowest BCUT2D eigenvalue weighted by atomic mass is 10.2. The number of benzene rings is 2. The van der Waals surface area contributed by atoms with E-state index in [9.17, 15) is 13.2 Å². The quantitative estimate of drug-likeness (QED) is 0.598. The zero-order valence-corrected chi connectivity index (χ0v) is 18.5. The number of sulfonamides is 1. The number of nitrogens with zero attached hydrogens (tertiary/aromatic N) is 1. The van der Waals surface area contributed by atoms with Crippen LogP contribution in [-0.2, 0) is 14.8 Å². The zero-order chi connectivity index (χ0) is 22.1. The fourth-order valence-corrected chi connectivity index (χ4v) is 4.33. The highest BCUT2D eigenvalue weighted by Gasteiger charge is 2.16. The highest BCUT2D eigenvalue weighted by Crippen LogP contribution is 2.21. The molecular weight excluding hydrogens is 418 g/mol. The number of rotatable bonds is 8. The van der Waals surface area contributed by atoms with Crippen molar-refractivity contribution >= 4 is 27.4 Å². The maximum Gasteiger partial charge on any atom is 0.321 e. The average Bonchev–Trinajstić information content (AvgIpc) is 3.05. The Kier molecular flexibility index (Phi) is 8.13. The topological polar surface area (TPSA) is 97.0 Å². The highest BCUT2D eigenvalue weighted by molar-refractivity contribution is 7.92. The number of likely N-dealkylation sites (tertiary alicyclic amines) is 1. The van der Waals surface area contributed by atoms with Crippen LogP contribution in [0.15, 0.2) is 53.4 Å². The summed E-state index contributed by atoms with van der Waals surface area (Å²) in [5.41, 5.74) is 1.03. The van der Waals surface area contributed by atoms with Gasteiger partial charge in [-0.2, -0.15) is 0 Å². The van der Waals surface area contributed by atoms with Crippen molar-refractivity contribution in [1.82, 2.24) is 4.90 Å². The van der Waals surface area contributed by atoms with E-state index >= 15 is 0 Å². The minimum atomic E-state index is -3.74. The monoisotopic (exact) mass is 447 g/mol. The van der Waals surface area contributed by atoms with Gasteiger partial charge in [0.25, 0.3) is 10.0 Å². The number of anilines is 2. The van der Waals surface area contributed by atoms with E-state index in [0.717, 1.165) is 38.8 Å². The molecule has 0 atom stereocenters. The zero-order valence-electron chi connectivity index (χ0n) is 17.7. The molecule has 1 heterocycles. The summed E-state index contributed by atoms with van der Waals surface area (Å²) in [7, 11) is -2.15. The van der Waals surface area contributed by atoms with Crippen molar-refractivity contribution in [3.05, 3.63) is 48.5 Å². The minimum absolute atomic E-state index is 0.122. The van der Waals surface area contributed by atoms with Crippen LogP contribution in [0, 0.1) is 0 Å². The Morgan fingerprint density at radius 2 is 1.52 bits per heavy atom. The lowest BCUT2D eigenvalue weighted by molar-refractivity contribution is 0.146. The third-order valence-corrected chi connectivity index (χ3v) is 6.37. The molecule has 0 aromatic heterocycles. The maximum absolute atomic E-state index is 12.6. The summed E-state index contributed by atoms with van der Waals surface area (Å²) >= 11 is 0. The SMILES string of the molecule is COCCOc1ccc(S(=O)(=O)Nc2ccc(NC(=O)N3CCCCCC3)cc2)cc1. The summed E-state index contributed by atoms with van der Waals surface area (Å²) < 4.78 is 38.2. The van der Waals surface area contributed by atoms with Crippen LogP contribution in [0.1, 0.15) is 25.7 Å². The molecule has 1 aliphatic heterocycles. The molecule has 2 aromatic carbocycles. The third-order valence-electron chi connectivity index (χ3n) is 4.97. The fraction of sp³-hybridized carbons (Fsp3) is 0.409. The highest BCUT2D eigenvalue weighted by atomic mass is 32.2. The second-order valence-electron chi connectivity index (χ2n) is 7.33. The van der Waals surface area contributed by atoms with Gasteiger partial charge in [0, 0.05) is 31.6 Å². The molecule has 0 bridgehead atoms. The number of hydrogen-bond acceptors (Lipinski definition) is 5. The van der Waals surface area contributed by atoms with Crippen LogP contribution in [-0.4, -0.2) is 52.8 Å². The number of carbonyl (C=O) groups excluding carboxylic acids is 1. The van der Waals surface area contributed by atoms with Crippen LogP contribution in [0.3, 0.4) is 0 Å². The lowest BCUT2D eigenvalue weighted by Crippen LogP contribution is -2.35. The number of carbonyl (C=O) groups is 1. The summed E-state index contributed by atoms with van der Waals surface area (Å²) in [6.45, 7) is 2.37. The number of nitrogens with one attached hydrogen (secondary N) is 2. The van der Waals surface area contributed by atoms with Crippen molar-refractivity contribution in [2.45, 2.75) is 30.6 Å². The van der Waals surface area contributed by atoms with E-state index in [4.69, 9.17) is 9.47 Å². The first-order chi connectivity index (χ1) is 15.0. The Morgan fingerprint density at radius 3 is 2.13 bits per heavy atom. The van der Waals surface area contributed by atoms with Gasteiger partial charge in [0.15, 0.2) is 0 Å². The van der Waals surface area contributed by atoms with Crippen molar-refractivity contribution in [3.63, 3.8) is 0 Å². The first kappa shape index (κ1) is 22.9. The van der Waals surface area contributed by atoms with Crippen molar-refractivity contribution < 1.29 is 22.7 Å². The average molecular weight is 448 g/mol. The van der Waals surface area contributed by atoms with Gasteiger partial charge in [-0.15, -0.1) is 0 Å². The fourth-order valence-electron chi connectivity index (χ4n) is 3.27. The van der Waals surface area contributed by atoms with E-state index in [0.29, 0.717) is 30.3 Å². The number of ether oxygens (including phenoxy) is 2. The van der Waals surface area contributed by atoms with E-state index in [1.807, 2.05) is 4.90 Å². The standard InChI is InChI=1S/C22H29N3O5S/c1-29-16-17-30-20-10-12-21(13-11-20)31(27,28)24-19-8-6-18(7-9-19)23-22(26)25-14-4-2-3-5-15-25/h6-13,24H,2-5,14-17H2,1H3,(H,23,26). The summed E-state index contributed by atoms with van der Waals surface area (Å²) in [4.78, 5) is 14.4. The summed E-state index contributed by atoms with van der Waals surface area (Å²) in [6.07, 6.45) is 4.35. The van der Waals surface area contributed by atoms with E-state index in [-0.39, 0.29) is 10.9 Å². The third kappa shape index (κ3) is 6.86. The molecule has 0 unspecified atom stereocenters. The molecule has 168 valence electrons. The smallest absolute Gasteiger partial charge is 0.321 e. The Hall–Kier alpha value is -2.78. The van der Waals surface area contributed by atoms with Gasteiger partial charge in [0.2, 0.25) is 0 Å². The molecule has 0 saturated carbocycles. The van der Waals surface area contributed by atoms with Gasteiger partial charge in [0.05, 0.1) is 11.5 Å². The summed E-state index contributed by atoms with van der Waals surface area (Å²) in [5, 5.41) is 2.88. The first-order valence-electron chi connectivity index (χ1n) is 10.4. The Bertz CT molecular complexity index is 938. The molecule has 1 aliphatic rings. The van der Waals surface area contributed by atoms with Crippen LogP contribution in [0.2, 0.25) is 0 Å². The Labute approximate surface area is 183 Å². The summed E-state index contributed by atoms with van der Waals surface area (Å²) in [6, 6.07) is 12.7. The molecule has 31 heavy (non-hydrogen) atoms. The maximum atomic E-state index is 12.6. The van der Waals surface area contributed by atoms with Crippen LogP contribution in [0.5, 0.6) is 5.75 Å². The molecule has 2 aromatic rings. The van der Waals surface area contributed by atoms with Crippen molar-refractivity contribution in [1.29, 1.82) is 0 Å². The summed E-state index contributed by atoms with van der Waals surface area (Å²) in [5.74, 6) is 0.570. The van der Waals surface area contributed by atoms with E-state index in [1.54, 1.807) is 43.5 Å². The number of methoxy groups -OCH3 is 1. The van der Waals surface area contributed by atoms with E-state index in [1.165, 1.54) is 12.1 Å². The van der Waals surface area contributed by atoms with Gasteiger partial charge in [0.1, 0.15) is 12.4 Å². The molecule has 0 spiro atoms. The molecule has 1 fully saturated rings. The molecular formula is C22H29N3O5S. The van der Waals surface area contributed by atoms with Crippen molar-refractivity contribution in [2.75, 3.05) is 43.5 Å². The number of urea groups is 1. The molecule has 0 radical (unpaired) electrons. The minimum Gasteiger partial charge on any atom is -0.491 e. The molecule has 2 N–H and O–H groups in total. The van der Waals surface area contributed by atoms with Gasteiger partial charge in [-0.1, -0.05) is 12.8 Å². The first-order valence-corrected chi connectivity index (χ1v) is 11.9. The molecule has 0 aliphatic carbocycles. The van der Waals surface area contributed by atoms with Gasteiger partial charge < -0.3 is 19.7 Å². The molecule has 3 rings (SSSR count). The normalized spacial score (nSPS) is 14.5. The van der Waals surface area contributed by atoms with Gasteiger partial charge in [-0.25, -0.2) is 13.2 Å². The molecule has 9 heteroatoms. The van der Waals surface area contributed by atoms with E-state index in [2.05, 4.69) is 10.0 Å². The number of amides is 2. The second kappa shape index (κ2) is 11.0. The van der Waals surface area contributed by atoms with Crippen molar-refractivity contribution in [2.24, 2.45) is 0 Å². The van der Waals surface area contributed by atoms with Crippen LogP contribution in [0.4, 0.5) is 16.2 Å². The largest absolute Gasteiger partial charge is 0.491 e. The lowest BCUT2D eigenvalue weighted by Gasteiger charge is -2.20. The van der Waals surface area contributed by atoms with E-state index < -0.39 is 10.0 Å². The van der Waals surface area contributed by atoms with Crippen LogP contribution >= 0.6 is 0 Å². The molecule has 1 saturated heterocycles. The Balaban J connectivity index is 1.57. The van der Waals surface area contributed by atoms with Gasteiger partial charge in [-0.3, -0.25) is 4.72 Å². The number of hydrogen-bond donors (Lipinski definition) is 2. The predicted molar refractivity (Wildman–Crippen MR) is 120 cm³/mol. The molecule has 8 nitrogen and oxygen atoms in total.